The highest BCUT2D eigenvalue weighted by Crippen LogP contribution is 2.23. The van der Waals surface area contributed by atoms with Gasteiger partial charge in [-0.1, -0.05) is 12.1 Å². The average molecular weight is 526 g/mol. The number of rotatable bonds is 11. The summed E-state index contributed by atoms with van der Waals surface area (Å²) in [6, 6.07) is 5.93. The summed E-state index contributed by atoms with van der Waals surface area (Å²) < 4.78 is 34.3. The average Bonchev–Trinajstić information content (AvgIpc) is 2.70. The van der Waals surface area contributed by atoms with Crippen molar-refractivity contribution in [1.29, 1.82) is 0 Å². The molecule has 0 aliphatic rings. The van der Waals surface area contributed by atoms with E-state index in [0.717, 1.165) is 5.56 Å². The van der Waals surface area contributed by atoms with Gasteiger partial charge in [0.2, 0.25) is 0 Å². The van der Waals surface area contributed by atoms with Gasteiger partial charge < -0.3 is 24.3 Å². The second-order valence-corrected chi connectivity index (χ2v) is 11.9. The van der Waals surface area contributed by atoms with E-state index in [-0.39, 0.29) is 19.4 Å². The molecule has 1 N–H and O–H groups in total. The number of esters is 2. The van der Waals surface area contributed by atoms with Crippen molar-refractivity contribution in [3.05, 3.63) is 29.8 Å². The first-order valence-corrected chi connectivity index (χ1v) is 12.6. The van der Waals surface area contributed by atoms with Crippen molar-refractivity contribution in [2.45, 2.75) is 104 Å². The van der Waals surface area contributed by atoms with E-state index in [1.54, 1.807) is 86.6 Å². The minimum Gasteiger partial charge on any atom is -0.494 e. The Balaban J connectivity index is 3.19. The first kappa shape index (κ1) is 32.2. The third-order valence-corrected chi connectivity index (χ3v) is 4.59. The van der Waals surface area contributed by atoms with E-state index in [1.165, 1.54) is 0 Å². The number of alkyl carbamates (subject to hydrolysis) is 1. The number of hydrogen-bond donors (Lipinski definition) is 1. The Kier molecular flexibility index (Phi) is 11.9. The van der Waals surface area contributed by atoms with Gasteiger partial charge in [-0.3, -0.25) is 9.18 Å². The van der Waals surface area contributed by atoms with Gasteiger partial charge >= 0.3 is 18.0 Å². The Bertz CT molecular complexity index is 880. The van der Waals surface area contributed by atoms with Crippen molar-refractivity contribution < 1.29 is 37.7 Å². The van der Waals surface area contributed by atoms with Gasteiger partial charge in [-0.05, 0) is 92.9 Å². The minimum atomic E-state index is -1.14. The molecule has 1 aromatic rings. The molecular formula is C28H44FNO7. The van der Waals surface area contributed by atoms with Gasteiger partial charge in [0.15, 0.2) is 0 Å². The molecule has 0 aromatic heterocycles. The van der Waals surface area contributed by atoms with Crippen LogP contribution in [0.2, 0.25) is 0 Å². The largest absolute Gasteiger partial charge is 0.494 e. The number of nitrogens with one attached hydrogen (secondary N) is 1. The topological polar surface area (TPSA) is 100 Å². The normalized spacial score (nSPS) is 13.8. The number of ether oxygens (including phenoxy) is 4. The third kappa shape index (κ3) is 14.5. The molecule has 1 rings (SSSR count). The Labute approximate surface area is 220 Å². The quantitative estimate of drug-likeness (QED) is 0.230. The zero-order valence-electron chi connectivity index (χ0n) is 23.7. The van der Waals surface area contributed by atoms with Crippen LogP contribution in [-0.2, 0) is 30.2 Å². The molecule has 0 aliphatic carbocycles. The van der Waals surface area contributed by atoms with Crippen molar-refractivity contribution in [2.24, 2.45) is 5.92 Å². The predicted octanol–water partition coefficient (Wildman–Crippen LogP) is 5.55. The highest BCUT2D eigenvalue weighted by atomic mass is 19.1. The van der Waals surface area contributed by atoms with Crippen LogP contribution in [0.25, 0.3) is 0 Å². The summed E-state index contributed by atoms with van der Waals surface area (Å²) in [4.78, 5) is 38.8. The second-order valence-electron chi connectivity index (χ2n) is 11.9. The second kappa shape index (κ2) is 13.6. The van der Waals surface area contributed by atoms with Gasteiger partial charge in [0.25, 0.3) is 0 Å². The van der Waals surface area contributed by atoms with Gasteiger partial charge in [-0.2, -0.15) is 0 Å². The number of hydrogen-bond acceptors (Lipinski definition) is 7. The minimum absolute atomic E-state index is 0.0577. The molecule has 2 atom stereocenters. The zero-order chi connectivity index (χ0) is 28.4. The number of halogens is 1. The van der Waals surface area contributed by atoms with E-state index in [0.29, 0.717) is 12.2 Å². The van der Waals surface area contributed by atoms with Crippen LogP contribution in [0.5, 0.6) is 5.75 Å². The van der Waals surface area contributed by atoms with Crippen LogP contribution in [0.1, 0.15) is 80.7 Å². The maximum absolute atomic E-state index is 13.2. The van der Waals surface area contributed by atoms with Crippen LogP contribution < -0.4 is 10.1 Å². The van der Waals surface area contributed by atoms with Crippen LogP contribution in [0, 0.1) is 5.92 Å². The van der Waals surface area contributed by atoms with Crippen molar-refractivity contribution in [1.82, 2.24) is 5.32 Å². The Morgan fingerprint density at radius 3 is 1.81 bits per heavy atom. The Hall–Kier alpha value is -2.84. The highest BCUT2D eigenvalue weighted by Gasteiger charge is 2.35. The molecule has 0 heterocycles. The predicted molar refractivity (Wildman–Crippen MR) is 139 cm³/mol. The first-order chi connectivity index (χ1) is 16.9. The molecule has 210 valence electrons. The van der Waals surface area contributed by atoms with Gasteiger partial charge in [0.05, 0.1) is 19.2 Å². The summed E-state index contributed by atoms with van der Waals surface area (Å²) in [5.41, 5.74) is -1.52. The van der Waals surface area contributed by atoms with Gasteiger partial charge in [0.1, 0.15) is 28.6 Å². The molecule has 0 saturated heterocycles. The monoisotopic (exact) mass is 525 g/mol. The number of alkyl halides is 1. The van der Waals surface area contributed by atoms with Crippen molar-refractivity contribution in [3.63, 3.8) is 0 Å². The standard InChI is InChI=1S/C28H44FNO7/c1-26(2,3)35-23(31)20(17-19-11-13-21(14-12-19)34-16-10-15-29)18-22(24(32)36-27(4,5)6)30-25(33)37-28(7,8)9/h11-14,20,22H,10,15-18H2,1-9H3,(H,30,33)/t20-,22-/m1/s1. The Morgan fingerprint density at radius 1 is 0.811 bits per heavy atom. The molecule has 0 fully saturated rings. The van der Waals surface area contributed by atoms with Crippen LogP contribution in [0.3, 0.4) is 0 Å². The third-order valence-electron chi connectivity index (χ3n) is 4.59. The first-order valence-electron chi connectivity index (χ1n) is 12.6. The van der Waals surface area contributed by atoms with E-state index in [1.807, 2.05) is 0 Å². The fourth-order valence-corrected chi connectivity index (χ4v) is 3.22. The molecule has 0 spiro atoms. The number of amides is 1. The smallest absolute Gasteiger partial charge is 0.408 e. The number of benzene rings is 1. The summed E-state index contributed by atoms with van der Waals surface area (Å²) >= 11 is 0. The molecule has 0 radical (unpaired) electrons. The molecule has 0 unspecified atom stereocenters. The molecule has 0 saturated carbocycles. The molecule has 1 aromatic carbocycles. The molecule has 1 amide bonds. The lowest BCUT2D eigenvalue weighted by Gasteiger charge is -2.29. The lowest BCUT2D eigenvalue weighted by molar-refractivity contribution is -0.162. The van der Waals surface area contributed by atoms with Crippen LogP contribution in [0.15, 0.2) is 24.3 Å². The molecule has 8 nitrogen and oxygen atoms in total. The lowest BCUT2D eigenvalue weighted by Crippen LogP contribution is -2.48. The van der Waals surface area contributed by atoms with E-state index in [4.69, 9.17) is 18.9 Å². The van der Waals surface area contributed by atoms with Crippen molar-refractivity contribution >= 4 is 18.0 Å². The fraction of sp³-hybridized carbons (Fsp3) is 0.679. The molecular weight excluding hydrogens is 481 g/mol. The van der Waals surface area contributed by atoms with Gasteiger partial charge in [0, 0.05) is 6.42 Å². The summed E-state index contributed by atoms with van der Waals surface area (Å²) in [5.74, 6) is -1.37. The summed E-state index contributed by atoms with van der Waals surface area (Å²) in [6.45, 7) is 15.4. The summed E-state index contributed by atoms with van der Waals surface area (Å²) in [5, 5.41) is 2.57. The molecule has 0 aliphatic heterocycles. The molecule has 37 heavy (non-hydrogen) atoms. The van der Waals surface area contributed by atoms with Gasteiger partial charge in [-0.15, -0.1) is 0 Å². The van der Waals surface area contributed by atoms with Crippen LogP contribution in [-0.4, -0.2) is 54.2 Å². The van der Waals surface area contributed by atoms with Crippen molar-refractivity contribution in [3.8, 4) is 5.75 Å². The number of carbonyl (C=O) groups excluding carboxylic acids is 3. The molecule has 0 bridgehead atoms. The maximum Gasteiger partial charge on any atom is 0.408 e. The maximum atomic E-state index is 13.2. The summed E-state index contributed by atoms with van der Waals surface area (Å²) in [6.07, 6.45) is -0.299. The Morgan fingerprint density at radius 2 is 1.32 bits per heavy atom. The zero-order valence-corrected chi connectivity index (χ0v) is 23.7. The SMILES string of the molecule is CC(C)(C)OC(=O)N[C@H](C[C@@H](Cc1ccc(OCCCF)cc1)C(=O)OC(C)(C)C)C(=O)OC(C)(C)C. The molecule has 9 heteroatoms. The fourth-order valence-electron chi connectivity index (χ4n) is 3.22. The highest BCUT2D eigenvalue weighted by molar-refractivity contribution is 5.83. The van der Waals surface area contributed by atoms with E-state index in [2.05, 4.69) is 5.32 Å². The number of carbonyl (C=O) groups is 3. The van der Waals surface area contributed by atoms with Crippen LogP contribution in [0.4, 0.5) is 9.18 Å². The lowest BCUT2D eigenvalue weighted by atomic mass is 9.92. The van der Waals surface area contributed by atoms with Crippen LogP contribution >= 0.6 is 0 Å². The van der Waals surface area contributed by atoms with E-state index >= 15 is 0 Å². The van der Waals surface area contributed by atoms with Crippen molar-refractivity contribution in [2.75, 3.05) is 13.3 Å². The van der Waals surface area contributed by atoms with E-state index < -0.39 is 53.5 Å². The summed E-state index contributed by atoms with van der Waals surface area (Å²) in [7, 11) is 0. The van der Waals surface area contributed by atoms with Gasteiger partial charge in [-0.25, -0.2) is 9.59 Å². The van der Waals surface area contributed by atoms with E-state index in [9.17, 15) is 18.8 Å².